The Labute approximate surface area is 97.5 Å². The van der Waals surface area contributed by atoms with Crippen molar-refractivity contribution in [3.05, 3.63) is 16.7 Å². The summed E-state index contributed by atoms with van der Waals surface area (Å²) in [6, 6.07) is 1.40. The van der Waals surface area contributed by atoms with Crippen molar-refractivity contribution in [2.75, 3.05) is 21.3 Å². The number of carbonyl (C=O) groups is 1. The lowest BCUT2D eigenvalue weighted by molar-refractivity contribution is 0.0689. The molecule has 0 heterocycles. The summed E-state index contributed by atoms with van der Waals surface area (Å²) in [7, 11) is 4.10. The first-order valence-electron chi connectivity index (χ1n) is 4.28. The lowest BCUT2D eigenvalue weighted by atomic mass is 10.1. The summed E-state index contributed by atoms with van der Waals surface area (Å²) in [6.07, 6.45) is 0. The average Bonchev–Trinajstić information content (AvgIpc) is 2.27. The van der Waals surface area contributed by atoms with Crippen LogP contribution in [-0.4, -0.2) is 32.4 Å². The van der Waals surface area contributed by atoms with Gasteiger partial charge in [-0.25, -0.2) is 4.79 Å². The van der Waals surface area contributed by atoms with Crippen LogP contribution in [0.1, 0.15) is 10.4 Å². The molecule has 0 saturated carbocycles. The highest BCUT2D eigenvalue weighted by molar-refractivity contribution is 6.34. The van der Waals surface area contributed by atoms with Crippen molar-refractivity contribution in [1.82, 2.24) is 0 Å². The summed E-state index contributed by atoms with van der Waals surface area (Å²) in [5, 5.41) is 9.14. The van der Waals surface area contributed by atoms with Crippen molar-refractivity contribution in [3.63, 3.8) is 0 Å². The zero-order chi connectivity index (χ0) is 12.3. The average molecular weight is 247 g/mol. The third-order valence-electron chi connectivity index (χ3n) is 2.01. The molecule has 5 nitrogen and oxygen atoms in total. The maximum absolute atomic E-state index is 11.1. The second kappa shape index (κ2) is 4.94. The highest BCUT2D eigenvalue weighted by Gasteiger charge is 2.24. The smallest absolute Gasteiger partial charge is 0.343 e. The minimum absolute atomic E-state index is 0.0189. The van der Waals surface area contributed by atoms with E-state index in [1.54, 1.807) is 0 Å². The van der Waals surface area contributed by atoms with Crippen LogP contribution >= 0.6 is 11.6 Å². The molecule has 0 saturated heterocycles. The maximum atomic E-state index is 11.1. The number of carboxylic acids is 1. The van der Waals surface area contributed by atoms with E-state index in [9.17, 15) is 4.79 Å². The standard InChI is InChI=1S/C10H11ClO5/c1-14-5-4-6(15-2)8(11)9(16-3)7(5)10(12)13/h4H,1-3H3,(H,12,13). The lowest BCUT2D eigenvalue weighted by Crippen LogP contribution is -2.05. The van der Waals surface area contributed by atoms with Crippen molar-refractivity contribution in [2.24, 2.45) is 0 Å². The van der Waals surface area contributed by atoms with E-state index in [-0.39, 0.29) is 22.1 Å². The van der Waals surface area contributed by atoms with E-state index < -0.39 is 5.97 Å². The van der Waals surface area contributed by atoms with Gasteiger partial charge in [-0.1, -0.05) is 11.6 Å². The minimum Gasteiger partial charge on any atom is -0.496 e. The Hall–Kier alpha value is -1.62. The van der Waals surface area contributed by atoms with E-state index in [4.69, 9.17) is 30.9 Å². The van der Waals surface area contributed by atoms with Gasteiger partial charge in [-0.15, -0.1) is 0 Å². The van der Waals surface area contributed by atoms with Gasteiger partial charge in [0.1, 0.15) is 22.1 Å². The molecule has 0 amide bonds. The molecule has 6 heteroatoms. The van der Waals surface area contributed by atoms with Gasteiger partial charge in [-0.3, -0.25) is 0 Å². The van der Waals surface area contributed by atoms with Crippen molar-refractivity contribution >= 4 is 17.6 Å². The Kier molecular flexibility index (Phi) is 3.84. The Bertz CT molecular complexity index is 416. The zero-order valence-corrected chi connectivity index (χ0v) is 9.79. The number of halogens is 1. The Balaban J connectivity index is 3.57. The Morgan fingerprint density at radius 2 is 1.75 bits per heavy atom. The fourth-order valence-corrected chi connectivity index (χ4v) is 1.60. The molecule has 0 atom stereocenters. The number of carboxylic acid groups (broad SMARTS) is 1. The van der Waals surface area contributed by atoms with Gasteiger partial charge < -0.3 is 19.3 Å². The molecule has 0 aliphatic rings. The molecule has 0 aliphatic heterocycles. The number of methoxy groups -OCH3 is 3. The van der Waals surface area contributed by atoms with Gasteiger partial charge in [0.2, 0.25) is 0 Å². The van der Waals surface area contributed by atoms with Gasteiger partial charge in [0, 0.05) is 6.07 Å². The Morgan fingerprint density at radius 3 is 2.12 bits per heavy atom. The van der Waals surface area contributed by atoms with Crippen LogP contribution in [0.3, 0.4) is 0 Å². The van der Waals surface area contributed by atoms with Gasteiger partial charge in [-0.05, 0) is 0 Å². The fourth-order valence-electron chi connectivity index (χ4n) is 1.29. The number of hydrogen-bond donors (Lipinski definition) is 1. The summed E-state index contributed by atoms with van der Waals surface area (Å²) in [4.78, 5) is 11.1. The third kappa shape index (κ3) is 1.99. The van der Waals surface area contributed by atoms with Crippen LogP contribution in [-0.2, 0) is 0 Å². The van der Waals surface area contributed by atoms with Crippen LogP contribution in [0.25, 0.3) is 0 Å². The van der Waals surface area contributed by atoms with E-state index >= 15 is 0 Å². The van der Waals surface area contributed by atoms with E-state index in [0.29, 0.717) is 5.75 Å². The molecule has 1 rings (SSSR count). The maximum Gasteiger partial charge on any atom is 0.343 e. The summed E-state index contributed by atoms with van der Waals surface area (Å²) >= 11 is 5.92. The SMILES string of the molecule is COc1cc(OC)c(C(=O)O)c(OC)c1Cl. The summed E-state index contributed by atoms with van der Waals surface area (Å²) in [5.41, 5.74) is -0.129. The van der Waals surface area contributed by atoms with E-state index in [0.717, 1.165) is 0 Å². The molecule has 0 unspecified atom stereocenters. The zero-order valence-electron chi connectivity index (χ0n) is 9.04. The van der Waals surface area contributed by atoms with Crippen molar-refractivity contribution in [2.45, 2.75) is 0 Å². The summed E-state index contributed by atoms with van der Waals surface area (Å²) in [5.74, 6) is -0.741. The van der Waals surface area contributed by atoms with Gasteiger partial charge in [0.25, 0.3) is 0 Å². The molecule has 0 spiro atoms. The Morgan fingerprint density at radius 1 is 1.19 bits per heavy atom. The molecule has 1 aromatic rings. The summed E-state index contributed by atoms with van der Waals surface area (Å²) < 4.78 is 14.9. The molecule has 88 valence electrons. The van der Waals surface area contributed by atoms with E-state index in [1.807, 2.05) is 0 Å². The first-order valence-corrected chi connectivity index (χ1v) is 4.66. The topological polar surface area (TPSA) is 65.0 Å². The summed E-state index contributed by atoms with van der Waals surface area (Å²) in [6.45, 7) is 0. The molecular formula is C10H11ClO5. The van der Waals surface area contributed by atoms with Crippen LogP contribution in [0, 0.1) is 0 Å². The third-order valence-corrected chi connectivity index (χ3v) is 2.37. The normalized spacial score (nSPS) is 9.75. The molecule has 16 heavy (non-hydrogen) atoms. The quantitative estimate of drug-likeness (QED) is 0.881. The van der Waals surface area contributed by atoms with Crippen molar-refractivity contribution < 1.29 is 24.1 Å². The molecule has 1 aromatic carbocycles. The number of benzene rings is 1. The van der Waals surface area contributed by atoms with Crippen LogP contribution < -0.4 is 14.2 Å². The van der Waals surface area contributed by atoms with E-state index in [2.05, 4.69) is 0 Å². The second-order valence-corrected chi connectivity index (χ2v) is 3.19. The molecule has 0 fully saturated rings. The van der Waals surface area contributed by atoms with Gasteiger partial charge in [-0.2, -0.15) is 0 Å². The number of hydrogen-bond acceptors (Lipinski definition) is 4. The lowest BCUT2D eigenvalue weighted by Gasteiger charge is -2.14. The predicted octanol–water partition coefficient (Wildman–Crippen LogP) is 2.06. The van der Waals surface area contributed by atoms with Crippen molar-refractivity contribution in [3.8, 4) is 17.2 Å². The van der Waals surface area contributed by atoms with Crippen LogP contribution in [0.4, 0.5) is 0 Å². The largest absolute Gasteiger partial charge is 0.496 e. The van der Waals surface area contributed by atoms with Crippen LogP contribution in [0.15, 0.2) is 6.07 Å². The first kappa shape index (κ1) is 12.4. The number of rotatable bonds is 4. The number of aromatic carboxylic acids is 1. The van der Waals surface area contributed by atoms with Crippen LogP contribution in [0.2, 0.25) is 5.02 Å². The highest BCUT2D eigenvalue weighted by Crippen LogP contribution is 2.42. The van der Waals surface area contributed by atoms with Crippen molar-refractivity contribution in [1.29, 1.82) is 0 Å². The fraction of sp³-hybridized carbons (Fsp3) is 0.300. The number of ether oxygens (including phenoxy) is 3. The highest BCUT2D eigenvalue weighted by atomic mass is 35.5. The first-order chi connectivity index (χ1) is 7.56. The monoisotopic (exact) mass is 246 g/mol. The van der Waals surface area contributed by atoms with Gasteiger partial charge in [0.15, 0.2) is 5.75 Å². The van der Waals surface area contributed by atoms with Gasteiger partial charge >= 0.3 is 5.97 Å². The minimum atomic E-state index is -1.18. The molecule has 0 bridgehead atoms. The van der Waals surface area contributed by atoms with Gasteiger partial charge in [0.05, 0.1) is 21.3 Å². The molecule has 0 aliphatic carbocycles. The molecular weight excluding hydrogens is 236 g/mol. The van der Waals surface area contributed by atoms with E-state index in [1.165, 1.54) is 27.4 Å². The molecule has 0 radical (unpaired) electrons. The van der Waals surface area contributed by atoms with Crippen LogP contribution in [0.5, 0.6) is 17.2 Å². The predicted molar refractivity (Wildman–Crippen MR) is 58.1 cm³/mol. The second-order valence-electron chi connectivity index (χ2n) is 2.81. The molecule has 1 N–H and O–H groups in total. The molecule has 0 aromatic heterocycles.